The Balaban J connectivity index is 1.43. The third-order valence-corrected chi connectivity index (χ3v) is 6.66. The first-order chi connectivity index (χ1) is 16.6. The Bertz CT molecular complexity index is 1110. The van der Waals surface area contributed by atoms with Crippen LogP contribution in [0.15, 0.2) is 78.5 Å². The van der Waals surface area contributed by atoms with E-state index in [1.165, 1.54) is 11.3 Å². The van der Waals surface area contributed by atoms with Gasteiger partial charge in [-0.05, 0) is 54.6 Å². The molecule has 0 radical (unpaired) electrons. The first-order valence-electron chi connectivity index (χ1n) is 11.3. The minimum atomic E-state index is -0.116. The number of piperidine rings is 1. The van der Waals surface area contributed by atoms with Crippen LogP contribution < -0.4 is 10.1 Å². The minimum absolute atomic E-state index is 0.0245. The summed E-state index contributed by atoms with van der Waals surface area (Å²) in [5.74, 6) is 0.812. The molecule has 1 fully saturated rings. The van der Waals surface area contributed by atoms with E-state index in [1.54, 1.807) is 24.3 Å². The second kappa shape index (κ2) is 11.6. The summed E-state index contributed by atoms with van der Waals surface area (Å²) in [6, 6.07) is 17.2. The summed E-state index contributed by atoms with van der Waals surface area (Å²) in [4.78, 5) is 22.4. The Morgan fingerprint density at radius 2 is 2.09 bits per heavy atom. The van der Waals surface area contributed by atoms with Crippen LogP contribution in [0.3, 0.4) is 0 Å². The number of amidine groups is 1. The molecule has 176 valence electrons. The van der Waals surface area contributed by atoms with Crippen LogP contribution in [-0.4, -0.2) is 52.8 Å². The van der Waals surface area contributed by atoms with Crippen molar-refractivity contribution in [1.29, 1.82) is 5.41 Å². The normalized spacial score (nSPS) is 14.7. The van der Waals surface area contributed by atoms with Gasteiger partial charge in [-0.15, -0.1) is 11.3 Å². The number of benzene rings is 1. The van der Waals surface area contributed by atoms with Crippen molar-refractivity contribution in [3.63, 3.8) is 0 Å². The van der Waals surface area contributed by atoms with Gasteiger partial charge in [0.25, 0.3) is 5.91 Å². The van der Waals surface area contributed by atoms with Crippen molar-refractivity contribution in [2.45, 2.75) is 25.4 Å². The highest BCUT2D eigenvalue weighted by molar-refractivity contribution is 7.12. The lowest BCUT2D eigenvalue weighted by Gasteiger charge is -2.37. The number of amides is 1. The van der Waals surface area contributed by atoms with Crippen molar-refractivity contribution >= 4 is 28.8 Å². The summed E-state index contributed by atoms with van der Waals surface area (Å²) in [5.41, 5.74) is 1.90. The lowest BCUT2D eigenvalue weighted by atomic mass is 10.0. The van der Waals surface area contributed by atoms with Gasteiger partial charge in [-0.3, -0.25) is 25.0 Å². The Kier molecular flexibility index (Phi) is 8.06. The minimum Gasteiger partial charge on any atom is -0.497 e. The van der Waals surface area contributed by atoms with E-state index in [0.29, 0.717) is 4.88 Å². The SMILES string of the molecule is COc1cccc(N/C=C\C(=N)N(C(=O)c2cccs2)C2CCN(Cc3ccccn3)CC2)c1. The van der Waals surface area contributed by atoms with Gasteiger partial charge in [-0.2, -0.15) is 0 Å². The van der Waals surface area contributed by atoms with E-state index in [0.717, 1.165) is 49.6 Å². The fraction of sp³-hybridized carbons (Fsp3) is 0.269. The van der Waals surface area contributed by atoms with Crippen LogP contribution in [0.25, 0.3) is 0 Å². The molecule has 0 saturated carbocycles. The molecule has 34 heavy (non-hydrogen) atoms. The highest BCUT2D eigenvalue weighted by Crippen LogP contribution is 2.23. The molecular weight excluding hydrogens is 446 g/mol. The van der Waals surface area contributed by atoms with Gasteiger partial charge in [0.1, 0.15) is 11.6 Å². The summed E-state index contributed by atoms with van der Waals surface area (Å²) in [6.07, 6.45) is 6.77. The monoisotopic (exact) mass is 475 g/mol. The molecule has 0 unspecified atom stereocenters. The number of nitrogens with zero attached hydrogens (tertiary/aromatic N) is 3. The molecule has 3 heterocycles. The number of likely N-dealkylation sites (tertiary alicyclic amines) is 1. The van der Waals surface area contributed by atoms with Crippen LogP contribution in [0.2, 0.25) is 0 Å². The second-order valence-corrected chi connectivity index (χ2v) is 9.02. The third kappa shape index (κ3) is 6.09. The highest BCUT2D eigenvalue weighted by Gasteiger charge is 2.31. The van der Waals surface area contributed by atoms with E-state index in [1.807, 2.05) is 66.2 Å². The zero-order valence-corrected chi connectivity index (χ0v) is 20.0. The Morgan fingerprint density at radius 3 is 2.79 bits per heavy atom. The average molecular weight is 476 g/mol. The summed E-state index contributed by atoms with van der Waals surface area (Å²) in [5, 5.41) is 13.8. The number of anilines is 1. The van der Waals surface area contributed by atoms with Gasteiger partial charge in [0.05, 0.1) is 17.7 Å². The number of nitrogens with one attached hydrogen (secondary N) is 2. The molecule has 0 aliphatic carbocycles. The van der Waals surface area contributed by atoms with E-state index in [9.17, 15) is 4.79 Å². The van der Waals surface area contributed by atoms with Crippen molar-refractivity contribution in [2.75, 3.05) is 25.5 Å². The second-order valence-electron chi connectivity index (χ2n) is 8.08. The summed E-state index contributed by atoms with van der Waals surface area (Å²) in [6.45, 7) is 2.51. The number of rotatable bonds is 8. The van der Waals surface area contributed by atoms with E-state index in [4.69, 9.17) is 10.1 Å². The molecule has 1 saturated heterocycles. The van der Waals surface area contributed by atoms with Crippen molar-refractivity contribution in [1.82, 2.24) is 14.8 Å². The molecule has 1 aromatic carbocycles. The zero-order valence-electron chi connectivity index (χ0n) is 19.2. The van der Waals surface area contributed by atoms with Crippen molar-refractivity contribution in [2.24, 2.45) is 0 Å². The van der Waals surface area contributed by atoms with Crippen LogP contribution in [0.5, 0.6) is 5.75 Å². The Labute approximate surface area is 204 Å². The summed E-state index contributed by atoms with van der Waals surface area (Å²) >= 11 is 1.41. The molecule has 0 spiro atoms. The smallest absolute Gasteiger partial charge is 0.269 e. The predicted octanol–water partition coefficient (Wildman–Crippen LogP) is 4.86. The Morgan fingerprint density at radius 1 is 1.24 bits per heavy atom. The lowest BCUT2D eigenvalue weighted by Crippen LogP contribution is -2.49. The van der Waals surface area contributed by atoms with Gasteiger partial charge in [-0.1, -0.05) is 18.2 Å². The maximum atomic E-state index is 13.3. The van der Waals surface area contributed by atoms with Gasteiger partial charge in [-0.25, -0.2) is 0 Å². The van der Waals surface area contributed by atoms with Crippen LogP contribution in [0, 0.1) is 5.41 Å². The molecular formula is C26H29N5O2S. The zero-order chi connectivity index (χ0) is 23.8. The Hall–Kier alpha value is -3.49. The molecule has 1 amide bonds. The van der Waals surface area contributed by atoms with E-state index >= 15 is 0 Å². The van der Waals surface area contributed by atoms with E-state index < -0.39 is 0 Å². The largest absolute Gasteiger partial charge is 0.497 e. The first kappa shape index (κ1) is 23.7. The van der Waals surface area contributed by atoms with E-state index in [2.05, 4.69) is 15.2 Å². The molecule has 0 bridgehead atoms. The van der Waals surface area contributed by atoms with Crippen molar-refractivity contribution < 1.29 is 9.53 Å². The highest BCUT2D eigenvalue weighted by atomic mass is 32.1. The number of hydrogen-bond acceptors (Lipinski definition) is 7. The summed E-state index contributed by atoms with van der Waals surface area (Å²) < 4.78 is 5.25. The molecule has 3 aromatic rings. The fourth-order valence-corrected chi connectivity index (χ4v) is 4.72. The number of carbonyl (C=O) groups excluding carboxylic acids is 1. The predicted molar refractivity (Wildman–Crippen MR) is 137 cm³/mol. The van der Waals surface area contributed by atoms with Crippen molar-refractivity contribution in [3.8, 4) is 5.75 Å². The van der Waals surface area contributed by atoms with Gasteiger partial charge in [0, 0.05) is 49.8 Å². The standard InChI is InChI=1S/C26H29N5O2S/c1-33-23-8-4-7-20(18-23)29-14-10-25(27)31(26(32)24-9-5-17-34-24)22-11-15-30(16-12-22)19-21-6-2-3-13-28-21/h2-10,13-14,17-18,22,27,29H,11-12,15-16,19H2,1H3/b14-10-,27-25?. The molecule has 1 aliphatic rings. The fourth-order valence-electron chi connectivity index (χ4n) is 4.06. The maximum absolute atomic E-state index is 13.3. The maximum Gasteiger partial charge on any atom is 0.269 e. The van der Waals surface area contributed by atoms with Crippen molar-refractivity contribution in [3.05, 3.63) is 89.0 Å². The lowest BCUT2D eigenvalue weighted by molar-refractivity contribution is 0.0734. The third-order valence-electron chi connectivity index (χ3n) is 5.81. The molecule has 1 aliphatic heterocycles. The number of methoxy groups -OCH3 is 1. The van der Waals surface area contributed by atoms with Crippen LogP contribution >= 0.6 is 11.3 Å². The molecule has 0 atom stereocenters. The molecule has 8 heteroatoms. The molecule has 2 N–H and O–H groups in total. The van der Waals surface area contributed by atoms with Gasteiger partial charge < -0.3 is 10.1 Å². The molecule has 2 aromatic heterocycles. The van der Waals surface area contributed by atoms with Crippen LogP contribution in [0.1, 0.15) is 28.2 Å². The molecule has 7 nitrogen and oxygen atoms in total. The van der Waals surface area contributed by atoms with Gasteiger partial charge in [0.15, 0.2) is 0 Å². The number of carbonyl (C=O) groups is 1. The van der Waals surface area contributed by atoms with Crippen LogP contribution in [-0.2, 0) is 6.54 Å². The first-order valence-corrected chi connectivity index (χ1v) is 12.2. The number of thiophene rings is 1. The molecule has 4 rings (SSSR count). The topological polar surface area (TPSA) is 81.5 Å². The number of hydrogen-bond donors (Lipinski definition) is 2. The van der Waals surface area contributed by atoms with Gasteiger partial charge >= 0.3 is 0 Å². The number of aromatic nitrogens is 1. The quantitative estimate of drug-likeness (QED) is 0.359. The summed E-state index contributed by atoms with van der Waals surface area (Å²) in [7, 11) is 1.63. The van der Waals surface area contributed by atoms with E-state index in [-0.39, 0.29) is 17.8 Å². The number of pyridine rings is 1. The average Bonchev–Trinajstić information content (AvgIpc) is 3.41. The van der Waals surface area contributed by atoms with Gasteiger partial charge in [0.2, 0.25) is 0 Å². The van der Waals surface area contributed by atoms with Crippen LogP contribution in [0.4, 0.5) is 5.69 Å². The number of ether oxygens (including phenoxy) is 1.